The molecule has 6 heteroatoms. The van der Waals surface area contributed by atoms with E-state index in [1.54, 1.807) is 13.8 Å². The molecule has 20 heavy (non-hydrogen) atoms. The van der Waals surface area contributed by atoms with Crippen LogP contribution in [0.4, 0.5) is 0 Å². The van der Waals surface area contributed by atoms with E-state index in [1.165, 1.54) is 31.0 Å². The predicted molar refractivity (Wildman–Crippen MR) is 77.6 cm³/mol. The average molecular weight is 298 g/mol. The molecule has 0 aliphatic carbocycles. The van der Waals surface area contributed by atoms with Crippen molar-refractivity contribution >= 4 is 23.7 Å². The number of thioether (sulfide) groups is 1. The maximum absolute atomic E-state index is 11.8. The van der Waals surface area contributed by atoms with Crippen molar-refractivity contribution in [1.82, 2.24) is 0 Å². The molecule has 110 valence electrons. The van der Waals surface area contributed by atoms with Crippen molar-refractivity contribution in [3.8, 4) is 11.5 Å². The Hall–Kier alpha value is -1.69. The van der Waals surface area contributed by atoms with Crippen LogP contribution in [0.15, 0.2) is 12.1 Å². The molecule has 0 atom stereocenters. The van der Waals surface area contributed by atoms with Crippen LogP contribution in [-0.4, -0.2) is 30.4 Å². The highest BCUT2D eigenvalue weighted by molar-refractivity contribution is 7.97. The van der Waals surface area contributed by atoms with Gasteiger partial charge >= 0.3 is 11.9 Å². The molecule has 0 fully saturated rings. The maximum atomic E-state index is 11.8. The number of carbonyl (C=O) groups excluding carboxylic acids is 1. The lowest BCUT2D eigenvalue weighted by molar-refractivity contribution is -0.137. The highest BCUT2D eigenvalue weighted by Gasteiger charge is 2.20. The highest BCUT2D eigenvalue weighted by atomic mass is 32.2. The van der Waals surface area contributed by atoms with Crippen molar-refractivity contribution in [1.29, 1.82) is 0 Å². The van der Waals surface area contributed by atoms with Crippen LogP contribution in [0.1, 0.15) is 29.8 Å². The summed E-state index contributed by atoms with van der Waals surface area (Å²) in [7, 11) is 1.41. The van der Waals surface area contributed by atoms with E-state index >= 15 is 0 Å². The quantitative estimate of drug-likeness (QED) is 0.643. The molecule has 0 saturated heterocycles. The summed E-state index contributed by atoms with van der Waals surface area (Å²) in [6, 6.07) is 2.86. The molecule has 0 radical (unpaired) electrons. The molecule has 0 aliphatic heterocycles. The summed E-state index contributed by atoms with van der Waals surface area (Å²) < 4.78 is 10.5. The lowest BCUT2D eigenvalue weighted by Gasteiger charge is -2.15. The zero-order chi connectivity index (χ0) is 15.3. The number of hydrogen-bond donors (Lipinski definition) is 1. The number of methoxy groups -OCH3 is 1. The molecule has 0 heterocycles. The number of aromatic carboxylic acids is 1. The van der Waals surface area contributed by atoms with Crippen molar-refractivity contribution in [2.45, 2.75) is 19.6 Å². The highest BCUT2D eigenvalue weighted by Crippen LogP contribution is 2.35. The molecule has 0 aromatic heterocycles. The SMILES string of the molecule is COc1cc(C(=O)O)cc(CSC)c1OC(=O)C(C)C. The Morgan fingerprint density at radius 1 is 1.35 bits per heavy atom. The predicted octanol–water partition coefficient (Wildman–Crippen LogP) is 2.82. The molecule has 0 bridgehead atoms. The first-order valence-corrected chi connectivity index (χ1v) is 7.44. The molecule has 1 rings (SSSR count). The second-order valence-electron chi connectivity index (χ2n) is 4.48. The fourth-order valence-corrected chi connectivity index (χ4v) is 2.06. The number of hydrogen-bond acceptors (Lipinski definition) is 5. The van der Waals surface area contributed by atoms with Crippen LogP contribution in [0.2, 0.25) is 0 Å². The number of esters is 1. The zero-order valence-corrected chi connectivity index (χ0v) is 12.7. The number of carbonyl (C=O) groups is 2. The van der Waals surface area contributed by atoms with E-state index in [0.717, 1.165) is 0 Å². The van der Waals surface area contributed by atoms with Crippen molar-refractivity contribution in [2.24, 2.45) is 5.92 Å². The van der Waals surface area contributed by atoms with Crippen LogP contribution < -0.4 is 9.47 Å². The average Bonchev–Trinajstić information content (AvgIpc) is 2.40. The van der Waals surface area contributed by atoms with Gasteiger partial charge in [0.2, 0.25) is 0 Å². The third kappa shape index (κ3) is 3.90. The van der Waals surface area contributed by atoms with E-state index in [2.05, 4.69) is 0 Å². The van der Waals surface area contributed by atoms with Gasteiger partial charge in [-0.15, -0.1) is 0 Å². The second-order valence-corrected chi connectivity index (χ2v) is 5.35. The van der Waals surface area contributed by atoms with Gasteiger partial charge in [-0.05, 0) is 18.4 Å². The second kappa shape index (κ2) is 7.19. The lowest BCUT2D eigenvalue weighted by Crippen LogP contribution is -2.16. The lowest BCUT2D eigenvalue weighted by atomic mass is 10.1. The van der Waals surface area contributed by atoms with Gasteiger partial charge in [-0.2, -0.15) is 11.8 Å². The van der Waals surface area contributed by atoms with Crippen LogP contribution in [-0.2, 0) is 10.5 Å². The van der Waals surface area contributed by atoms with Crippen LogP contribution in [0.3, 0.4) is 0 Å². The molecule has 1 aromatic carbocycles. The summed E-state index contributed by atoms with van der Waals surface area (Å²) in [5.74, 6) is -0.631. The van der Waals surface area contributed by atoms with Crippen LogP contribution in [0, 0.1) is 5.92 Å². The molecule has 0 saturated carbocycles. The summed E-state index contributed by atoms with van der Waals surface area (Å²) in [5.41, 5.74) is 0.735. The van der Waals surface area contributed by atoms with Gasteiger partial charge in [0, 0.05) is 11.3 Å². The number of carboxylic acid groups (broad SMARTS) is 1. The standard InChI is InChI=1S/C14H18O5S/c1-8(2)14(17)19-12-10(7-20-4)5-9(13(15)16)6-11(12)18-3/h5-6,8H,7H2,1-4H3,(H,15,16). The molecule has 1 N–H and O–H groups in total. The first-order chi connectivity index (χ1) is 9.40. The number of benzene rings is 1. The van der Waals surface area contributed by atoms with Crippen molar-refractivity contribution in [2.75, 3.05) is 13.4 Å². The van der Waals surface area contributed by atoms with Crippen molar-refractivity contribution < 1.29 is 24.2 Å². The number of rotatable bonds is 6. The Kier molecular flexibility index (Phi) is 5.88. The van der Waals surface area contributed by atoms with Gasteiger partial charge in [0.15, 0.2) is 11.5 Å². The van der Waals surface area contributed by atoms with E-state index in [9.17, 15) is 9.59 Å². The van der Waals surface area contributed by atoms with Gasteiger partial charge in [-0.3, -0.25) is 4.79 Å². The molecule has 1 aromatic rings. The Morgan fingerprint density at radius 2 is 2.00 bits per heavy atom. The summed E-state index contributed by atoms with van der Waals surface area (Å²) in [5, 5.41) is 9.09. The van der Waals surface area contributed by atoms with Crippen LogP contribution in [0.5, 0.6) is 11.5 Å². The molecule has 0 aliphatic rings. The van der Waals surface area contributed by atoms with E-state index in [1.807, 2.05) is 6.26 Å². The van der Waals surface area contributed by atoms with Crippen molar-refractivity contribution in [3.05, 3.63) is 23.3 Å². The minimum atomic E-state index is -1.05. The first-order valence-electron chi connectivity index (χ1n) is 6.05. The van der Waals surface area contributed by atoms with Gasteiger partial charge < -0.3 is 14.6 Å². The fourth-order valence-electron chi connectivity index (χ4n) is 1.53. The molecule has 0 unspecified atom stereocenters. The normalized spacial score (nSPS) is 10.4. The molecular formula is C14H18O5S. The first kappa shape index (κ1) is 16.4. The fraction of sp³-hybridized carbons (Fsp3) is 0.429. The summed E-state index contributed by atoms with van der Waals surface area (Å²) >= 11 is 1.50. The maximum Gasteiger partial charge on any atom is 0.335 e. The van der Waals surface area contributed by atoms with E-state index < -0.39 is 5.97 Å². The molecule has 5 nitrogen and oxygen atoms in total. The van der Waals surface area contributed by atoms with Crippen molar-refractivity contribution in [3.63, 3.8) is 0 Å². The largest absolute Gasteiger partial charge is 0.493 e. The summed E-state index contributed by atoms with van der Waals surface area (Å²) in [6.07, 6.45) is 1.88. The molecular weight excluding hydrogens is 280 g/mol. The topological polar surface area (TPSA) is 72.8 Å². The monoisotopic (exact) mass is 298 g/mol. The minimum absolute atomic E-state index is 0.107. The van der Waals surface area contributed by atoms with E-state index in [4.69, 9.17) is 14.6 Å². The Balaban J connectivity index is 3.30. The van der Waals surface area contributed by atoms with E-state index in [-0.39, 0.29) is 23.2 Å². The number of carboxylic acids is 1. The third-order valence-corrected chi connectivity index (χ3v) is 3.17. The summed E-state index contributed by atoms with van der Waals surface area (Å²) in [6.45, 7) is 3.46. The molecule has 0 amide bonds. The Labute approximate surface area is 122 Å². The van der Waals surface area contributed by atoms with Gasteiger partial charge in [0.25, 0.3) is 0 Å². The van der Waals surface area contributed by atoms with Gasteiger partial charge in [0.05, 0.1) is 18.6 Å². The van der Waals surface area contributed by atoms with Gasteiger partial charge in [0.1, 0.15) is 0 Å². The Bertz CT molecular complexity index is 511. The smallest absolute Gasteiger partial charge is 0.335 e. The third-order valence-electron chi connectivity index (χ3n) is 2.57. The Morgan fingerprint density at radius 3 is 2.45 bits per heavy atom. The summed E-state index contributed by atoms with van der Waals surface area (Å²) in [4.78, 5) is 22.9. The minimum Gasteiger partial charge on any atom is -0.493 e. The molecule has 0 spiro atoms. The van der Waals surface area contributed by atoms with Gasteiger partial charge in [-0.1, -0.05) is 13.8 Å². The zero-order valence-electron chi connectivity index (χ0n) is 11.9. The van der Waals surface area contributed by atoms with Crippen LogP contribution >= 0.6 is 11.8 Å². The van der Waals surface area contributed by atoms with E-state index in [0.29, 0.717) is 17.1 Å². The van der Waals surface area contributed by atoms with Gasteiger partial charge in [-0.25, -0.2) is 4.79 Å². The van der Waals surface area contributed by atoms with Crippen LogP contribution in [0.25, 0.3) is 0 Å². The number of ether oxygens (including phenoxy) is 2.